The first-order valence-electron chi connectivity index (χ1n) is 42.7. The number of fused-ring (bicyclic) bond motifs is 3. The number of aromatic nitrogens is 2. The molecule has 0 fully saturated rings. The molecule has 11 rings (SSSR count). The summed E-state index contributed by atoms with van der Waals surface area (Å²) >= 11 is 0. The summed E-state index contributed by atoms with van der Waals surface area (Å²) in [6.07, 6.45) is 12.1. The Labute approximate surface area is 759 Å². The highest BCUT2D eigenvalue weighted by Gasteiger charge is 2.29. The van der Waals surface area contributed by atoms with Gasteiger partial charge >= 0.3 is 28.7 Å². The van der Waals surface area contributed by atoms with Gasteiger partial charge in [0.25, 0.3) is 0 Å². The van der Waals surface area contributed by atoms with Crippen LogP contribution in [0.25, 0.3) is 22.4 Å². The Balaban J connectivity index is 0.000000259. The monoisotopic (exact) mass is 1790 g/mol. The number of aldehydes is 1. The number of methoxy groups -OCH3 is 2. The van der Waals surface area contributed by atoms with Crippen LogP contribution in [0.15, 0.2) is 143 Å². The Morgan fingerprint density at radius 2 is 0.838 bits per heavy atom. The van der Waals surface area contributed by atoms with Gasteiger partial charge in [0.05, 0.1) is 109 Å². The number of nitrogens with zero attached hydrogens (tertiary/aromatic N) is 13. The number of carbonyl (C=O) groups excluding carboxylic acids is 4. The van der Waals surface area contributed by atoms with E-state index in [1.54, 1.807) is 32.4 Å². The average molecular weight is 1790 g/mol. The number of ketones is 3. The van der Waals surface area contributed by atoms with Crippen LogP contribution in [0.3, 0.4) is 0 Å². The number of anilines is 2. The molecule has 0 saturated heterocycles. The molecule has 0 amide bonds. The van der Waals surface area contributed by atoms with Crippen LogP contribution in [-0.4, -0.2) is 263 Å². The first kappa shape index (κ1) is 106. The van der Waals surface area contributed by atoms with Crippen molar-refractivity contribution >= 4 is 97.6 Å². The van der Waals surface area contributed by atoms with Crippen LogP contribution >= 0.6 is 0 Å². The molecule has 0 radical (unpaired) electrons. The van der Waals surface area contributed by atoms with Crippen molar-refractivity contribution in [1.82, 2.24) is 39.4 Å². The lowest BCUT2D eigenvalue weighted by Gasteiger charge is -2.12. The Morgan fingerprint density at radius 3 is 1.25 bits per heavy atom. The van der Waals surface area contributed by atoms with Crippen LogP contribution in [0.5, 0.6) is 23.0 Å². The first-order chi connectivity index (χ1) is 61.7. The number of hydrogen-bond acceptors (Lipinski definition) is 29. The molecule has 35 nitrogen and oxygen atoms in total. The van der Waals surface area contributed by atoms with Gasteiger partial charge in [0, 0.05) is 109 Å². The number of aliphatic imine (C=N–C) groups is 2. The van der Waals surface area contributed by atoms with Crippen molar-refractivity contribution in [3.05, 3.63) is 235 Å². The highest BCUT2D eigenvalue weighted by atomic mass is 16.6. The van der Waals surface area contributed by atoms with Gasteiger partial charge in [-0.05, 0) is 296 Å². The van der Waals surface area contributed by atoms with Crippen molar-refractivity contribution < 1.29 is 67.7 Å². The average Bonchev–Trinajstić information content (AvgIpc) is 1.55. The Hall–Kier alpha value is -13.2. The third kappa shape index (κ3) is 33.8. The number of nitro benzene ring substituents is 4. The van der Waals surface area contributed by atoms with Crippen molar-refractivity contribution in [2.24, 2.45) is 15.7 Å². The van der Waals surface area contributed by atoms with Gasteiger partial charge in [-0.3, -0.25) is 69.6 Å². The summed E-state index contributed by atoms with van der Waals surface area (Å²) in [4.78, 5) is 128. The number of imidazole rings is 1. The number of Topliss-reactive ketones (excluding diaryl/α,β-unsaturated/α-hetero) is 3. The Bertz CT molecular complexity index is 5450. The third-order valence-corrected chi connectivity index (χ3v) is 20.6. The van der Waals surface area contributed by atoms with E-state index in [4.69, 9.17) is 56.2 Å². The van der Waals surface area contributed by atoms with Gasteiger partial charge in [0.2, 0.25) is 0 Å². The van der Waals surface area contributed by atoms with E-state index in [9.17, 15) is 64.4 Å². The fraction of sp³-hybridized carbons (Fsp3) is 0.411. The van der Waals surface area contributed by atoms with Gasteiger partial charge in [-0.2, -0.15) is 0 Å². The normalized spacial score (nSPS) is 11.6. The predicted octanol–water partition coefficient (Wildman–Crippen LogP) is 15.6. The zero-order chi connectivity index (χ0) is 96.0. The van der Waals surface area contributed by atoms with E-state index >= 15 is 0 Å². The first-order valence-corrected chi connectivity index (χ1v) is 42.7. The molecule has 0 unspecified atom stereocenters. The number of aryl methyl sites for hydroxylation is 2. The molecule has 35 heteroatoms. The molecule has 8 N–H and O–H groups in total. The number of carboxylic acids is 1. The number of unbranched alkanes of at least 4 members (excludes halogenated alkanes) is 3. The molecule has 0 saturated carbocycles. The van der Waals surface area contributed by atoms with Crippen LogP contribution in [0.2, 0.25) is 0 Å². The second kappa shape index (κ2) is 53.0. The maximum absolute atomic E-state index is 12.8. The maximum atomic E-state index is 12.8. The topological polar surface area (TPSA) is 466 Å². The number of aromatic amines is 1. The zero-order valence-corrected chi connectivity index (χ0v) is 77.5. The number of hydrogen-bond donors (Lipinski definition) is 5. The number of nitro groups is 4. The van der Waals surface area contributed by atoms with E-state index in [0.717, 1.165) is 219 Å². The van der Waals surface area contributed by atoms with Gasteiger partial charge in [0.1, 0.15) is 28.8 Å². The van der Waals surface area contributed by atoms with Crippen molar-refractivity contribution in [3.63, 3.8) is 0 Å². The van der Waals surface area contributed by atoms with Gasteiger partial charge in [-0.1, -0.05) is 12.1 Å². The SMILES string of the molecule is CN(C)CCCCC(=O)c1ccc(N)c(N)c1.CN(C)CCCCC(=O)c1ccc([N+](=O)[O-])c([N+](=O)[O-])c1.CN(C)CCCN.COc1cc(C2=Nc3cc(OCCCN(C)C)ccc3C2)c(C)cc1-c1nc2ccc(C(=O)CCCCN(C)C)cc2[nH]1.COc1cc(C2=Nc3cc(OCCCN(C)C)ccc3C2)c(C)cc1C=O.O=C(O)c1ccc([N+](=O)[O-])c([N+](=O)[O-])c1. The number of nitrogens with two attached hydrogens (primary N) is 3. The lowest BCUT2D eigenvalue weighted by molar-refractivity contribution is -0.422. The van der Waals surface area contributed by atoms with Crippen LogP contribution in [0.1, 0.15) is 162 Å². The minimum absolute atomic E-state index is 0.135. The molecule has 1 aromatic heterocycles. The molecule has 130 heavy (non-hydrogen) atoms. The van der Waals surface area contributed by atoms with E-state index in [-0.39, 0.29) is 34.9 Å². The van der Waals surface area contributed by atoms with Gasteiger partial charge < -0.3 is 75.6 Å². The molecule has 2 aliphatic rings. The van der Waals surface area contributed by atoms with E-state index in [0.29, 0.717) is 78.2 Å². The lowest BCUT2D eigenvalue weighted by atomic mass is 9.97. The number of H-pyrrole nitrogens is 1. The van der Waals surface area contributed by atoms with Crippen molar-refractivity contribution in [2.75, 3.05) is 169 Å². The van der Waals surface area contributed by atoms with Crippen molar-refractivity contribution in [1.29, 1.82) is 0 Å². The molecule has 3 heterocycles. The van der Waals surface area contributed by atoms with Gasteiger partial charge in [-0.15, -0.1) is 0 Å². The number of carbonyl (C=O) groups is 5. The smallest absolute Gasteiger partial charge is 0.346 e. The summed E-state index contributed by atoms with van der Waals surface area (Å²) in [5.41, 5.74) is 29.4. The fourth-order valence-electron chi connectivity index (χ4n) is 13.6. The standard InChI is InChI=1S/C35H43N5O3.C22H26N2O3.C13H17N3O5.C13H21N3O.C7H4N2O6.C5H14N2/c1-23-18-28(35-37-29-14-12-25(20-32(29)38-35)33(41)10-7-8-15-39(2)3)34(42-6)22-27(23)31-19-24-11-13-26(21-30(24)36-31)43-17-9-16-40(4)5;1-15-10-17(14-25)22(26-4)13-19(15)21-11-16-6-7-18(12-20(16)23-21)27-9-5-8-24(2)3;1-14(2)8-4-3-5-13(17)10-6-7-11(15(18)19)12(9-10)16(20)21;1-16(2)8-4-3-5-13(17)10-6-7-11(14)12(15)9-10;10-7(11)4-1-2-5(8(12)13)6(3-4)9(14)15;1-7(2)5-3-4-6/h11-14,18,20-22H,7-10,15-17,19H2,1-6H3,(H,37,38);6-7,10,12-14H,5,8-9,11H2,1-4H3;6-7,9H,3-5,8H2,1-2H3;6-7,9H,3-5,8,14-15H2,1-2H3;1-3H,(H,10,11);3-6H2,1-2H3. The predicted molar refractivity (Wildman–Crippen MR) is 510 cm³/mol. The second-order valence-electron chi connectivity index (χ2n) is 32.9. The maximum Gasteiger partial charge on any atom is 0.346 e. The Morgan fingerprint density at radius 1 is 0.446 bits per heavy atom. The molecule has 0 aliphatic carbocycles. The van der Waals surface area contributed by atoms with Crippen LogP contribution in [-0.2, 0) is 12.8 Å². The molecule has 2 aliphatic heterocycles. The summed E-state index contributed by atoms with van der Waals surface area (Å²) in [5, 5.41) is 50.8. The summed E-state index contributed by atoms with van der Waals surface area (Å²) in [7, 11) is 27.6. The van der Waals surface area contributed by atoms with E-state index in [1.807, 2.05) is 94.6 Å². The van der Waals surface area contributed by atoms with E-state index in [2.05, 4.69) is 117 Å². The number of ether oxygens (including phenoxy) is 4. The van der Waals surface area contributed by atoms with Gasteiger partial charge in [-0.25, -0.2) is 9.78 Å². The van der Waals surface area contributed by atoms with Crippen LogP contribution < -0.4 is 36.1 Å². The molecular weight excluding hydrogens is 1670 g/mol. The summed E-state index contributed by atoms with van der Waals surface area (Å²) in [5.74, 6) is 2.39. The van der Waals surface area contributed by atoms with Crippen LogP contribution in [0, 0.1) is 54.3 Å². The number of benzene rings is 8. The molecule has 0 spiro atoms. The van der Waals surface area contributed by atoms with E-state index < -0.39 is 48.4 Å². The zero-order valence-electron chi connectivity index (χ0n) is 77.5. The largest absolute Gasteiger partial charge is 0.496 e. The Kier molecular flexibility index (Phi) is 43.0. The van der Waals surface area contributed by atoms with Crippen LogP contribution in [0.4, 0.5) is 45.5 Å². The van der Waals surface area contributed by atoms with Crippen molar-refractivity contribution in [2.45, 2.75) is 104 Å². The number of aromatic carboxylic acids is 1. The van der Waals surface area contributed by atoms with Gasteiger partial charge in [0.15, 0.2) is 23.6 Å². The molecule has 0 bridgehead atoms. The quantitative estimate of drug-likeness (QED) is 0.00592. The minimum atomic E-state index is -1.38. The van der Waals surface area contributed by atoms with Crippen molar-refractivity contribution in [3.8, 4) is 34.4 Å². The highest BCUT2D eigenvalue weighted by molar-refractivity contribution is 6.09. The minimum Gasteiger partial charge on any atom is -0.496 e. The lowest BCUT2D eigenvalue weighted by Crippen LogP contribution is -2.16. The molecule has 8 aromatic carbocycles. The highest BCUT2D eigenvalue weighted by Crippen LogP contribution is 2.40. The summed E-state index contributed by atoms with van der Waals surface area (Å²) < 4.78 is 23.0. The molecule has 0 atom stereocenters. The summed E-state index contributed by atoms with van der Waals surface area (Å²) in [6, 6.07) is 36.6. The molecule has 9 aromatic rings. The molecule has 698 valence electrons. The summed E-state index contributed by atoms with van der Waals surface area (Å²) in [6.45, 7) is 12.2. The number of nitrogens with one attached hydrogen (secondary N) is 1. The molecular formula is C95H125N17O18. The fourth-order valence-corrected chi connectivity index (χ4v) is 13.6. The number of carboxylic acid groups (broad SMARTS) is 1. The van der Waals surface area contributed by atoms with E-state index in [1.165, 1.54) is 17.2 Å². The number of rotatable bonds is 42. The second-order valence-corrected chi connectivity index (χ2v) is 32.9. The number of nitrogen functional groups attached to an aromatic ring is 2. The third-order valence-electron chi connectivity index (χ3n) is 20.6.